The fourth-order valence-corrected chi connectivity index (χ4v) is 4.40. The van der Waals surface area contributed by atoms with Crippen molar-refractivity contribution in [1.82, 2.24) is 29.7 Å². The van der Waals surface area contributed by atoms with E-state index < -0.39 is 5.76 Å². The predicted molar refractivity (Wildman–Crippen MR) is 113 cm³/mol. The van der Waals surface area contributed by atoms with Gasteiger partial charge in [0.1, 0.15) is 5.69 Å². The van der Waals surface area contributed by atoms with E-state index in [1.807, 2.05) is 18.3 Å². The number of nitrogens with zero attached hydrogens (tertiary/aromatic N) is 5. The maximum absolute atomic E-state index is 11.4. The van der Waals surface area contributed by atoms with Crippen LogP contribution in [0.5, 0.6) is 0 Å². The van der Waals surface area contributed by atoms with Crippen LogP contribution in [0.2, 0.25) is 5.02 Å². The molecule has 8 nitrogen and oxygen atoms in total. The molecule has 4 aromatic heterocycles. The standard InChI is InChI=1S/C21H21ClN6O2/c1-12-2-4-13(5-3-12)11-28-7-6-16-18(28)17(14-8-15(22)10-23-9-14)25-19(24-16)20-26-21(29)30-27-20/h6-10,12-13H,2-5,11H2,1H3,(H,26,27,29). The Morgan fingerprint density at radius 2 is 2.07 bits per heavy atom. The Morgan fingerprint density at radius 3 is 2.80 bits per heavy atom. The third-order valence-corrected chi connectivity index (χ3v) is 6.04. The molecule has 1 aliphatic carbocycles. The number of pyridine rings is 1. The van der Waals surface area contributed by atoms with Gasteiger partial charge >= 0.3 is 5.76 Å². The third-order valence-electron chi connectivity index (χ3n) is 5.83. The average molecular weight is 425 g/mol. The maximum Gasteiger partial charge on any atom is 0.439 e. The van der Waals surface area contributed by atoms with Crippen molar-refractivity contribution in [2.75, 3.05) is 0 Å². The average Bonchev–Trinajstić information content (AvgIpc) is 3.35. The first-order chi connectivity index (χ1) is 14.6. The molecule has 30 heavy (non-hydrogen) atoms. The lowest BCUT2D eigenvalue weighted by Gasteiger charge is -2.26. The summed E-state index contributed by atoms with van der Waals surface area (Å²) in [7, 11) is 0. The smallest absolute Gasteiger partial charge is 0.344 e. The molecule has 0 spiro atoms. The van der Waals surface area contributed by atoms with Crippen LogP contribution in [-0.2, 0) is 6.54 Å². The molecule has 1 N–H and O–H groups in total. The highest BCUT2D eigenvalue weighted by molar-refractivity contribution is 6.30. The van der Waals surface area contributed by atoms with Crippen LogP contribution in [0.1, 0.15) is 32.6 Å². The van der Waals surface area contributed by atoms with Crippen molar-refractivity contribution in [2.24, 2.45) is 11.8 Å². The summed E-state index contributed by atoms with van der Waals surface area (Å²) in [5.41, 5.74) is 3.16. The molecule has 154 valence electrons. The summed E-state index contributed by atoms with van der Waals surface area (Å²) >= 11 is 6.20. The zero-order valence-corrected chi connectivity index (χ0v) is 17.3. The van der Waals surface area contributed by atoms with Gasteiger partial charge in [-0.05, 0) is 36.8 Å². The van der Waals surface area contributed by atoms with E-state index in [2.05, 4.69) is 36.1 Å². The van der Waals surface area contributed by atoms with Crippen molar-refractivity contribution < 1.29 is 4.52 Å². The highest BCUT2D eigenvalue weighted by Crippen LogP contribution is 2.33. The zero-order valence-electron chi connectivity index (χ0n) is 16.5. The monoisotopic (exact) mass is 424 g/mol. The summed E-state index contributed by atoms with van der Waals surface area (Å²) < 4.78 is 6.85. The lowest BCUT2D eigenvalue weighted by Crippen LogP contribution is -2.17. The first-order valence-corrected chi connectivity index (χ1v) is 10.5. The van der Waals surface area contributed by atoms with E-state index >= 15 is 0 Å². The molecular formula is C21H21ClN6O2. The van der Waals surface area contributed by atoms with Crippen LogP contribution in [0.25, 0.3) is 33.9 Å². The summed E-state index contributed by atoms with van der Waals surface area (Å²) in [6.07, 6.45) is 10.4. The number of hydrogen-bond donors (Lipinski definition) is 1. The van der Waals surface area contributed by atoms with Gasteiger partial charge in [-0.1, -0.05) is 36.5 Å². The molecule has 1 aliphatic rings. The Kier molecular flexibility index (Phi) is 4.86. The number of nitrogens with one attached hydrogen (secondary N) is 1. The Morgan fingerprint density at radius 1 is 1.23 bits per heavy atom. The minimum atomic E-state index is -0.649. The van der Waals surface area contributed by atoms with Crippen molar-refractivity contribution in [3.8, 4) is 22.9 Å². The van der Waals surface area contributed by atoms with Crippen molar-refractivity contribution in [3.63, 3.8) is 0 Å². The highest BCUT2D eigenvalue weighted by Gasteiger charge is 2.22. The van der Waals surface area contributed by atoms with Crippen LogP contribution in [0.15, 0.2) is 40.0 Å². The van der Waals surface area contributed by atoms with E-state index in [1.165, 1.54) is 25.7 Å². The van der Waals surface area contributed by atoms with Crippen molar-refractivity contribution in [3.05, 3.63) is 46.3 Å². The van der Waals surface area contributed by atoms with E-state index in [1.54, 1.807) is 12.4 Å². The van der Waals surface area contributed by atoms with E-state index in [-0.39, 0.29) is 11.6 Å². The summed E-state index contributed by atoms with van der Waals surface area (Å²) in [5.74, 6) is 1.27. The molecule has 4 aromatic rings. The van der Waals surface area contributed by atoms with Gasteiger partial charge in [0.25, 0.3) is 0 Å². The molecule has 1 saturated carbocycles. The van der Waals surface area contributed by atoms with Crippen molar-refractivity contribution >= 4 is 22.6 Å². The minimum absolute atomic E-state index is 0.187. The molecule has 9 heteroatoms. The maximum atomic E-state index is 11.4. The fourth-order valence-electron chi connectivity index (χ4n) is 4.22. The lowest BCUT2D eigenvalue weighted by atomic mass is 9.83. The Balaban J connectivity index is 1.64. The number of hydrogen-bond acceptors (Lipinski definition) is 6. The van der Waals surface area contributed by atoms with Gasteiger partial charge in [0.15, 0.2) is 0 Å². The van der Waals surface area contributed by atoms with Gasteiger partial charge in [-0.25, -0.2) is 14.8 Å². The molecule has 0 bridgehead atoms. The van der Waals surface area contributed by atoms with Crippen molar-refractivity contribution in [2.45, 2.75) is 39.2 Å². The van der Waals surface area contributed by atoms with Crippen LogP contribution >= 0.6 is 11.6 Å². The van der Waals surface area contributed by atoms with Crippen molar-refractivity contribution in [1.29, 1.82) is 0 Å². The van der Waals surface area contributed by atoms with Crippen LogP contribution in [0.4, 0.5) is 0 Å². The van der Waals surface area contributed by atoms with Crippen LogP contribution in [0.3, 0.4) is 0 Å². The van der Waals surface area contributed by atoms with E-state index in [9.17, 15) is 4.79 Å². The molecule has 0 aromatic carbocycles. The summed E-state index contributed by atoms with van der Waals surface area (Å²) in [5, 5.41) is 4.26. The van der Waals surface area contributed by atoms with Gasteiger partial charge in [0.2, 0.25) is 11.6 Å². The molecule has 5 rings (SSSR count). The van der Waals surface area contributed by atoms with Crippen LogP contribution < -0.4 is 5.76 Å². The van der Waals surface area contributed by atoms with Crippen LogP contribution in [-0.4, -0.2) is 29.7 Å². The summed E-state index contributed by atoms with van der Waals surface area (Å²) in [6.45, 7) is 3.25. The molecule has 1 fully saturated rings. The Hall–Kier alpha value is -3.00. The van der Waals surface area contributed by atoms with Gasteiger partial charge in [-0.15, -0.1) is 0 Å². The molecule has 0 aliphatic heterocycles. The molecule has 0 unspecified atom stereocenters. The number of fused-ring (bicyclic) bond motifs is 1. The third kappa shape index (κ3) is 3.63. The van der Waals surface area contributed by atoms with Gasteiger partial charge < -0.3 is 4.57 Å². The zero-order chi connectivity index (χ0) is 20.7. The molecule has 0 amide bonds. The normalized spacial score (nSPS) is 19.4. The van der Waals surface area contributed by atoms with E-state index in [0.717, 1.165) is 29.1 Å². The number of aromatic amines is 1. The van der Waals surface area contributed by atoms with Gasteiger partial charge in [0.05, 0.1) is 16.1 Å². The highest BCUT2D eigenvalue weighted by atomic mass is 35.5. The summed E-state index contributed by atoms with van der Waals surface area (Å²) in [4.78, 5) is 27.5. The predicted octanol–water partition coefficient (Wildman–Crippen LogP) is 4.32. The Labute approximate surface area is 177 Å². The molecule has 0 atom stereocenters. The van der Waals surface area contributed by atoms with Crippen LogP contribution in [0, 0.1) is 11.8 Å². The van der Waals surface area contributed by atoms with Gasteiger partial charge in [-0.2, -0.15) is 0 Å². The number of halogens is 1. The topological polar surface area (TPSA) is 102 Å². The first kappa shape index (κ1) is 19.0. The van der Waals surface area contributed by atoms with Gasteiger partial charge in [-0.3, -0.25) is 14.5 Å². The van der Waals surface area contributed by atoms with E-state index in [4.69, 9.17) is 16.6 Å². The quantitative estimate of drug-likeness (QED) is 0.523. The number of H-pyrrole nitrogens is 1. The minimum Gasteiger partial charge on any atom is -0.344 e. The summed E-state index contributed by atoms with van der Waals surface area (Å²) in [6, 6.07) is 3.79. The number of rotatable bonds is 4. The number of aromatic nitrogens is 6. The second-order valence-electron chi connectivity index (χ2n) is 8.06. The van der Waals surface area contributed by atoms with E-state index in [0.29, 0.717) is 16.6 Å². The molecule has 0 radical (unpaired) electrons. The van der Waals surface area contributed by atoms with Gasteiger partial charge in [0, 0.05) is 30.7 Å². The molecule has 0 saturated heterocycles. The molecule has 4 heterocycles. The Bertz CT molecular complexity index is 1250. The SMILES string of the molecule is CC1CCC(Cn2ccc3nc(-c4noc(=O)[nH]4)nc(-c4cncc(Cl)c4)c32)CC1. The first-order valence-electron chi connectivity index (χ1n) is 10.1. The second-order valence-corrected chi connectivity index (χ2v) is 8.50. The fraction of sp³-hybridized carbons (Fsp3) is 0.381. The largest absolute Gasteiger partial charge is 0.439 e. The molecular weight excluding hydrogens is 404 g/mol. The second kappa shape index (κ2) is 7.68. The lowest BCUT2D eigenvalue weighted by molar-refractivity contribution is 0.267.